The van der Waals surface area contributed by atoms with Crippen LogP contribution in [0.5, 0.6) is 0 Å². The fourth-order valence-corrected chi connectivity index (χ4v) is 5.74. The second-order valence-electron chi connectivity index (χ2n) is 7.84. The Morgan fingerprint density at radius 1 is 1.00 bits per heavy atom. The Morgan fingerprint density at radius 2 is 1.59 bits per heavy atom. The number of carbonyl (C=O) groups is 1. The van der Waals surface area contributed by atoms with E-state index in [0.29, 0.717) is 23.7 Å². The molecule has 5 aliphatic rings. The highest BCUT2D eigenvalue weighted by molar-refractivity contribution is 5.85. The van der Waals surface area contributed by atoms with Gasteiger partial charge >= 0.3 is 0 Å². The van der Waals surface area contributed by atoms with Gasteiger partial charge in [-0.05, 0) is 55.8 Å². The maximum Gasteiger partial charge on any atom is 0.223 e. The molecular weight excluding hydrogens is 298 g/mol. The summed E-state index contributed by atoms with van der Waals surface area (Å²) in [6, 6.07) is 0. The fourth-order valence-electron chi connectivity index (χ4n) is 5.74. The molecular formula is C17H30ClN3O. The highest BCUT2D eigenvalue weighted by Gasteiger charge is 2.50. The predicted molar refractivity (Wildman–Crippen MR) is 90.1 cm³/mol. The van der Waals surface area contributed by atoms with Crippen LogP contribution in [0.15, 0.2) is 0 Å². The van der Waals surface area contributed by atoms with Crippen molar-refractivity contribution in [2.75, 3.05) is 39.3 Å². The van der Waals surface area contributed by atoms with Crippen LogP contribution in [0, 0.1) is 29.6 Å². The number of rotatable bonds is 4. The van der Waals surface area contributed by atoms with E-state index >= 15 is 0 Å². The molecule has 0 aromatic carbocycles. The van der Waals surface area contributed by atoms with Gasteiger partial charge in [-0.2, -0.15) is 0 Å². The van der Waals surface area contributed by atoms with Crippen LogP contribution in [0.2, 0.25) is 0 Å². The van der Waals surface area contributed by atoms with Gasteiger partial charge in [-0.1, -0.05) is 0 Å². The van der Waals surface area contributed by atoms with Crippen molar-refractivity contribution in [2.24, 2.45) is 29.6 Å². The van der Waals surface area contributed by atoms with Crippen LogP contribution in [0.25, 0.3) is 0 Å². The molecule has 5 rings (SSSR count). The van der Waals surface area contributed by atoms with Crippen molar-refractivity contribution in [3.8, 4) is 0 Å². The summed E-state index contributed by atoms with van der Waals surface area (Å²) in [5.74, 6) is 4.05. The zero-order valence-electron chi connectivity index (χ0n) is 13.4. The average molecular weight is 328 g/mol. The summed E-state index contributed by atoms with van der Waals surface area (Å²) in [7, 11) is 0. The predicted octanol–water partition coefficient (Wildman–Crippen LogP) is 1.50. The first-order valence-electron chi connectivity index (χ1n) is 9.00. The summed E-state index contributed by atoms with van der Waals surface area (Å²) < 4.78 is 0. The van der Waals surface area contributed by atoms with Crippen LogP contribution in [0.3, 0.4) is 0 Å². The van der Waals surface area contributed by atoms with Gasteiger partial charge in [-0.3, -0.25) is 9.69 Å². The molecule has 0 spiro atoms. The Labute approximate surface area is 140 Å². The number of hydrogen-bond donors (Lipinski definition) is 2. The maximum absolute atomic E-state index is 12.6. The van der Waals surface area contributed by atoms with Gasteiger partial charge in [0.25, 0.3) is 0 Å². The van der Waals surface area contributed by atoms with Crippen molar-refractivity contribution in [3.63, 3.8) is 0 Å². The fraction of sp³-hybridized carbons (Fsp3) is 0.941. The molecule has 0 unspecified atom stereocenters. The Balaban J connectivity index is 0.00000144. The molecule has 0 aromatic rings. The standard InChI is InChI=1S/C17H29N3O.ClH/c21-17(19-3-6-20-4-1-18-2-5-20)16-14-8-12-7-13(10-14)11-15(16)9-12;/h12-16,18H,1-11H2,(H,19,21);1H. The van der Waals surface area contributed by atoms with Crippen LogP contribution >= 0.6 is 12.4 Å². The molecule has 0 radical (unpaired) electrons. The molecule has 5 fully saturated rings. The van der Waals surface area contributed by atoms with Gasteiger partial charge in [0, 0.05) is 45.2 Å². The molecule has 0 atom stereocenters. The molecule has 4 nitrogen and oxygen atoms in total. The lowest BCUT2D eigenvalue weighted by Crippen LogP contribution is -2.52. The van der Waals surface area contributed by atoms with E-state index in [4.69, 9.17) is 0 Å². The molecule has 1 heterocycles. The molecule has 1 saturated heterocycles. The van der Waals surface area contributed by atoms with E-state index < -0.39 is 0 Å². The molecule has 22 heavy (non-hydrogen) atoms. The first-order chi connectivity index (χ1) is 10.3. The van der Waals surface area contributed by atoms with Crippen LogP contribution in [0.1, 0.15) is 32.1 Å². The van der Waals surface area contributed by atoms with E-state index in [9.17, 15) is 4.79 Å². The van der Waals surface area contributed by atoms with E-state index in [1.165, 1.54) is 32.1 Å². The molecule has 4 aliphatic carbocycles. The van der Waals surface area contributed by atoms with Gasteiger partial charge in [0.05, 0.1) is 0 Å². The smallest absolute Gasteiger partial charge is 0.223 e. The van der Waals surface area contributed by atoms with Crippen molar-refractivity contribution < 1.29 is 4.79 Å². The number of nitrogens with one attached hydrogen (secondary N) is 2. The highest BCUT2D eigenvalue weighted by atomic mass is 35.5. The lowest BCUT2D eigenvalue weighted by atomic mass is 9.51. The minimum Gasteiger partial charge on any atom is -0.355 e. The molecule has 2 N–H and O–H groups in total. The van der Waals surface area contributed by atoms with Crippen molar-refractivity contribution in [1.82, 2.24) is 15.5 Å². The summed E-state index contributed by atoms with van der Waals surface area (Å²) >= 11 is 0. The van der Waals surface area contributed by atoms with Gasteiger partial charge in [0.1, 0.15) is 0 Å². The number of hydrogen-bond acceptors (Lipinski definition) is 3. The third-order valence-corrected chi connectivity index (χ3v) is 6.47. The first-order valence-corrected chi connectivity index (χ1v) is 9.00. The molecule has 1 aliphatic heterocycles. The van der Waals surface area contributed by atoms with Gasteiger partial charge in [-0.25, -0.2) is 0 Å². The second-order valence-corrected chi connectivity index (χ2v) is 7.84. The monoisotopic (exact) mass is 327 g/mol. The van der Waals surface area contributed by atoms with Gasteiger partial charge in [0.2, 0.25) is 5.91 Å². The zero-order valence-corrected chi connectivity index (χ0v) is 14.2. The van der Waals surface area contributed by atoms with Gasteiger partial charge in [-0.15, -0.1) is 12.4 Å². The Bertz CT molecular complexity index is 369. The van der Waals surface area contributed by atoms with Crippen molar-refractivity contribution in [2.45, 2.75) is 32.1 Å². The normalized spacial score (nSPS) is 40.3. The lowest BCUT2D eigenvalue weighted by molar-refractivity contribution is -0.138. The van der Waals surface area contributed by atoms with Crippen LogP contribution in [-0.2, 0) is 4.79 Å². The number of halogens is 1. The van der Waals surface area contributed by atoms with Crippen LogP contribution in [-0.4, -0.2) is 50.1 Å². The van der Waals surface area contributed by atoms with E-state index in [1.54, 1.807) is 0 Å². The summed E-state index contributed by atoms with van der Waals surface area (Å²) in [6.07, 6.45) is 6.81. The quantitative estimate of drug-likeness (QED) is 0.822. The third kappa shape index (κ3) is 3.29. The third-order valence-electron chi connectivity index (χ3n) is 6.47. The summed E-state index contributed by atoms with van der Waals surface area (Å²) in [5, 5.41) is 6.63. The SMILES string of the molecule is Cl.O=C(NCCN1CCNCC1)C1C2CC3CC(C2)CC1C3. The first kappa shape index (κ1) is 16.5. The minimum atomic E-state index is 0. The van der Waals surface area contributed by atoms with Crippen LogP contribution < -0.4 is 10.6 Å². The van der Waals surface area contributed by atoms with E-state index in [1.807, 2.05) is 0 Å². The summed E-state index contributed by atoms with van der Waals surface area (Å²) in [4.78, 5) is 15.1. The number of piperazine rings is 1. The largest absolute Gasteiger partial charge is 0.355 e. The molecule has 4 saturated carbocycles. The molecule has 1 amide bonds. The zero-order chi connectivity index (χ0) is 14.2. The van der Waals surface area contributed by atoms with E-state index in [0.717, 1.165) is 51.1 Å². The Hall–Kier alpha value is -0.320. The number of amides is 1. The van der Waals surface area contributed by atoms with Crippen molar-refractivity contribution >= 4 is 18.3 Å². The van der Waals surface area contributed by atoms with Crippen LogP contribution in [0.4, 0.5) is 0 Å². The number of carbonyl (C=O) groups excluding carboxylic acids is 1. The lowest BCUT2D eigenvalue weighted by Gasteiger charge is -2.53. The molecule has 4 bridgehead atoms. The summed E-state index contributed by atoms with van der Waals surface area (Å²) in [6.45, 7) is 6.26. The Morgan fingerprint density at radius 3 is 2.18 bits per heavy atom. The second kappa shape index (κ2) is 7.06. The summed E-state index contributed by atoms with van der Waals surface area (Å²) in [5.41, 5.74) is 0. The van der Waals surface area contributed by atoms with E-state index in [-0.39, 0.29) is 12.4 Å². The maximum atomic E-state index is 12.6. The van der Waals surface area contributed by atoms with Gasteiger partial charge in [0.15, 0.2) is 0 Å². The molecule has 5 heteroatoms. The number of nitrogens with zero attached hydrogens (tertiary/aromatic N) is 1. The minimum absolute atomic E-state index is 0. The molecule has 126 valence electrons. The van der Waals surface area contributed by atoms with Gasteiger partial charge < -0.3 is 10.6 Å². The van der Waals surface area contributed by atoms with E-state index in [2.05, 4.69) is 15.5 Å². The highest BCUT2D eigenvalue weighted by Crippen LogP contribution is 2.56. The van der Waals surface area contributed by atoms with Crippen molar-refractivity contribution in [1.29, 1.82) is 0 Å². The average Bonchev–Trinajstić information content (AvgIpc) is 2.47. The Kier molecular flexibility index (Phi) is 5.31. The molecule has 0 aromatic heterocycles. The van der Waals surface area contributed by atoms with Crippen molar-refractivity contribution in [3.05, 3.63) is 0 Å². The topological polar surface area (TPSA) is 44.4 Å².